The Morgan fingerprint density at radius 2 is 1.63 bits per heavy atom. The van der Waals surface area contributed by atoms with E-state index in [-0.39, 0.29) is 18.1 Å². The summed E-state index contributed by atoms with van der Waals surface area (Å²) in [5.74, 6) is 0.274. The van der Waals surface area contributed by atoms with Crippen molar-refractivity contribution in [2.45, 2.75) is 77.4 Å². The summed E-state index contributed by atoms with van der Waals surface area (Å²) in [6, 6.07) is -0.340. The van der Waals surface area contributed by atoms with Gasteiger partial charge in [-0.3, -0.25) is 0 Å². The van der Waals surface area contributed by atoms with Gasteiger partial charge in [0.25, 0.3) is 0 Å². The molecule has 6 atom stereocenters. The lowest BCUT2D eigenvalue weighted by molar-refractivity contribution is -0.143. The van der Waals surface area contributed by atoms with E-state index < -0.39 is 17.8 Å². The number of aliphatic hydroxyl groups is 4. The van der Waals surface area contributed by atoms with Crippen LogP contribution >= 0.6 is 0 Å². The quantitative estimate of drug-likeness (QED) is 0.417. The van der Waals surface area contributed by atoms with Crippen LogP contribution in [0.4, 0.5) is 0 Å². The van der Waals surface area contributed by atoms with Gasteiger partial charge in [0.15, 0.2) is 0 Å². The van der Waals surface area contributed by atoms with Gasteiger partial charge >= 0.3 is 0 Å². The van der Waals surface area contributed by atoms with Crippen molar-refractivity contribution in [3.05, 3.63) is 0 Å². The minimum Gasteiger partial charge on any atom is -0.393 e. The first kappa shape index (κ1) is 18.8. The molecule has 5 nitrogen and oxygen atoms in total. The van der Waals surface area contributed by atoms with Crippen LogP contribution in [-0.2, 0) is 0 Å². The Bertz CT molecular complexity index is 246. The molecule has 1 unspecified atom stereocenters. The van der Waals surface area contributed by atoms with Crippen LogP contribution in [-0.4, -0.2) is 56.9 Å². The number of hydrogen-bond donors (Lipinski definition) is 5. The van der Waals surface area contributed by atoms with Crippen molar-refractivity contribution < 1.29 is 20.4 Å². The summed E-state index contributed by atoms with van der Waals surface area (Å²) in [7, 11) is 0. The number of hydrogen-bond acceptors (Lipinski definition) is 5. The fourth-order valence-corrected chi connectivity index (χ4v) is 2.28. The van der Waals surface area contributed by atoms with Crippen molar-refractivity contribution in [1.82, 2.24) is 5.32 Å². The van der Waals surface area contributed by atoms with Crippen molar-refractivity contribution in [3.63, 3.8) is 0 Å². The van der Waals surface area contributed by atoms with Gasteiger partial charge in [0.1, 0.15) is 5.60 Å². The summed E-state index contributed by atoms with van der Waals surface area (Å²) in [5.41, 5.74) is -1.53. The first-order valence-corrected chi connectivity index (χ1v) is 7.12. The summed E-state index contributed by atoms with van der Waals surface area (Å²) in [6.07, 6.45) is -1.29. The average Bonchev–Trinajstić information content (AvgIpc) is 2.32. The Hall–Kier alpha value is -0.200. The highest BCUT2D eigenvalue weighted by atomic mass is 16.4. The van der Waals surface area contributed by atoms with E-state index in [1.165, 1.54) is 6.92 Å². The molecule has 0 fully saturated rings. The highest BCUT2D eigenvalue weighted by Crippen LogP contribution is 2.20. The molecule has 5 heteroatoms. The largest absolute Gasteiger partial charge is 0.393 e. The van der Waals surface area contributed by atoms with Crippen molar-refractivity contribution in [2.24, 2.45) is 5.92 Å². The van der Waals surface area contributed by atoms with E-state index in [9.17, 15) is 20.4 Å². The van der Waals surface area contributed by atoms with Crippen LogP contribution in [0, 0.1) is 5.92 Å². The van der Waals surface area contributed by atoms with Crippen molar-refractivity contribution in [2.75, 3.05) is 6.54 Å². The van der Waals surface area contributed by atoms with Gasteiger partial charge in [-0.05, 0) is 46.1 Å². The van der Waals surface area contributed by atoms with Crippen LogP contribution in [0.1, 0.15) is 47.5 Å². The third-order valence-corrected chi connectivity index (χ3v) is 3.67. The zero-order chi connectivity index (χ0) is 15.2. The van der Waals surface area contributed by atoms with Gasteiger partial charge in [0.05, 0.1) is 18.3 Å². The second-order valence-corrected chi connectivity index (χ2v) is 5.98. The fraction of sp³-hybridized carbons (Fsp3) is 1.00. The fourth-order valence-electron chi connectivity index (χ4n) is 2.28. The molecule has 0 saturated heterocycles. The molecule has 0 amide bonds. The van der Waals surface area contributed by atoms with Crippen molar-refractivity contribution in [1.29, 1.82) is 0 Å². The Morgan fingerprint density at radius 1 is 1.11 bits per heavy atom. The molecule has 0 spiro atoms. The SMILES string of the molecule is CC[C@@H](O)[C@@](C)(O)[C@H](O)[C@@H](C)NC[C@H](C)CC(C)O. The zero-order valence-corrected chi connectivity index (χ0v) is 12.8. The smallest absolute Gasteiger partial charge is 0.115 e. The summed E-state index contributed by atoms with van der Waals surface area (Å²) >= 11 is 0. The lowest BCUT2D eigenvalue weighted by Gasteiger charge is -2.37. The Kier molecular flexibility index (Phi) is 8.08. The molecule has 0 aromatic heterocycles. The maximum absolute atomic E-state index is 10.2. The van der Waals surface area contributed by atoms with Gasteiger partial charge in [-0.1, -0.05) is 13.8 Å². The summed E-state index contributed by atoms with van der Waals surface area (Å²) in [5, 5.41) is 42.4. The molecule has 19 heavy (non-hydrogen) atoms. The molecule has 0 bridgehead atoms. The second-order valence-electron chi connectivity index (χ2n) is 5.98. The summed E-state index contributed by atoms with van der Waals surface area (Å²) < 4.78 is 0. The second kappa shape index (κ2) is 8.17. The lowest BCUT2D eigenvalue weighted by atomic mass is 9.87. The van der Waals surface area contributed by atoms with Crippen LogP contribution in [0.15, 0.2) is 0 Å². The maximum Gasteiger partial charge on any atom is 0.115 e. The third kappa shape index (κ3) is 6.19. The van der Waals surface area contributed by atoms with E-state index in [1.807, 2.05) is 6.92 Å². The molecular weight excluding hydrogens is 246 g/mol. The molecule has 0 aromatic rings. The van der Waals surface area contributed by atoms with Gasteiger partial charge in [0, 0.05) is 6.04 Å². The minimum absolute atomic E-state index is 0.274. The third-order valence-electron chi connectivity index (χ3n) is 3.67. The van der Waals surface area contributed by atoms with Crippen LogP contribution in [0.5, 0.6) is 0 Å². The molecule has 0 aliphatic carbocycles. The van der Waals surface area contributed by atoms with E-state index >= 15 is 0 Å². The molecule has 0 saturated carbocycles. The van der Waals surface area contributed by atoms with Crippen molar-refractivity contribution in [3.8, 4) is 0 Å². The Morgan fingerprint density at radius 3 is 2.05 bits per heavy atom. The predicted octanol–water partition coefficient (Wildman–Crippen LogP) is 0.254. The standard InChI is InChI=1S/C14H31NO4/c1-6-12(17)14(5,19)13(18)11(4)15-8-9(2)7-10(3)16/h9-13,15-19H,6-8H2,1-5H3/t9-,10?,11-,12-,13-,14-/m1/s1. The molecule has 0 aliphatic heterocycles. The first-order chi connectivity index (χ1) is 8.62. The van der Waals surface area contributed by atoms with E-state index in [1.54, 1.807) is 20.8 Å². The highest BCUT2D eigenvalue weighted by molar-refractivity contribution is 4.93. The van der Waals surface area contributed by atoms with Gasteiger partial charge in [-0.15, -0.1) is 0 Å². The van der Waals surface area contributed by atoms with E-state index in [0.717, 1.165) is 0 Å². The Balaban J connectivity index is 4.30. The predicted molar refractivity (Wildman–Crippen MR) is 75.9 cm³/mol. The molecule has 0 aliphatic rings. The van der Waals surface area contributed by atoms with Crippen LogP contribution in [0.3, 0.4) is 0 Å². The van der Waals surface area contributed by atoms with Gasteiger partial charge in [0.2, 0.25) is 0 Å². The molecule has 0 aromatic carbocycles. The normalized spacial score (nSPS) is 23.2. The van der Waals surface area contributed by atoms with Crippen LogP contribution < -0.4 is 5.32 Å². The van der Waals surface area contributed by atoms with Crippen LogP contribution in [0.25, 0.3) is 0 Å². The summed E-state index contributed by atoms with van der Waals surface area (Å²) in [6.45, 7) is 9.38. The summed E-state index contributed by atoms with van der Waals surface area (Å²) in [4.78, 5) is 0. The Labute approximate surface area is 116 Å². The molecule has 0 radical (unpaired) electrons. The number of aliphatic hydroxyl groups excluding tert-OH is 3. The molecule has 116 valence electrons. The van der Waals surface area contributed by atoms with Crippen molar-refractivity contribution >= 4 is 0 Å². The van der Waals surface area contributed by atoms with Gasteiger partial charge in [-0.25, -0.2) is 0 Å². The molecular formula is C14H31NO4. The zero-order valence-electron chi connectivity index (χ0n) is 12.8. The lowest BCUT2D eigenvalue weighted by Crippen LogP contribution is -2.57. The monoisotopic (exact) mass is 277 g/mol. The maximum atomic E-state index is 10.2. The molecule has 0 rings (SSSR count). The highest BCUT2D eigenvalue weighted by Gasteiger charge is 2.39. The van der Waals surface area contributed by atoms with Crippen LogP contribution in [0.2, 0.25) is 0 Å². The minimum atomic E-state index is -1.53. The van der Waals surface area contributed by atoms with E-state index in [4.69, 9.17) is 0 Å². The molecule has 5 N–H and O–H groups in total. The van der Waals surface area contributed by atoms with E-state index in [0.29, 0.717) is 19.4 Å². The van der Waals surface area contributed by atoms with Gasteiger partial charge in [-0.2, -0.15) is 0 Å². The topological polar surface area (TPSA) is 93.0 Å². The number of rotatable bonds is 9. The first-order valence-electron chi connectivity index (χ1n) is 7.12. The molecule has 0 heterocycles. The van der Waals surface area contributed by atoms with E-state index in [2.05, 4.69) is 5.32 Å². The average molecular weight is 277 g/mol. The van der Waals surface area contributed by atoms with Gasteiger partial charge < -0.3 is 25.7 Å². The number of nitrogens with one attached hydrogen (secondary N) is 1.